The number of hydrogen-bond acceptors (Lipinski definition) is 5. The third-order valence-corrected chi connectivity index (χ3v) is 5.96. The molecule has 1 aromatic rings. The highest BCUT2D eigenvalue weighted by Gasteiger charge is 2.51. The number of nitrogens with zero attached hydrogens (tertiary/aromatic N) is 2. The normalized spacial score (nSPS) is 18.0. The lowest BCUT2D eigenvalue weighted by Crippen LogP contribution is -2.48. The Morgan fingerprint density at radius 3 is 2.43 bits per heavy atom. The van der Waals surface area contributed by atoms with Crippen LogP contribution in [-0.4, -0.2) is 66.0 Å². The third kappa shape index (κ3) is 5.11. The van der Waals surface area contributed by atoms with Crippen LogP contribution in [0.25, 0.3) is 0 Å². The summed E-state index contributed by atoms with van der Waals surface area (Å²) in [6, 6.07) is 6.61. The molecule has 1 heterocycles. The van der Waals surface area contributed by atoms with Gasteiger partial charge in [-0.1, -0.05) is 33.1 Å². The SMILES string of the molecule is CCN(CC)CCOc1ccc(NC(=O)CN2C(=O)NC3(CCCCC3)C2=O)cc1. The van der Waals surface area contributed by atoms with Gasteiger partial charge in [-0.15, -0.1) is 0 Å². The molecule has 2 fully saturated rings. The first-order chi connectivity index (χ1) is 14.5. The number of benzene rings is 1. The van der Waals surface area contributed by atoms with E-state index in [4.69, 9.17) is 4.74 Å². The summed E-state index contributed by atoms with van der Waals surface area (Å²) in [6.07, 6.45) is 4.18. The Morgan fingerprint density at radius 2 is 1.80 bits per heavy atom. The Labute approximate surface area is 177 Å². The van der Waals surface area contributed by atoms with Crippen LogP contribution in [0, 0.1) is 0 Å². The summed E-state index contributed by atoms with van der Waals surface area (Å²) >= 11 is 0. The van der Waals surface area contributed by atoms with Crippen molar-refractivity contribution in [1.29, 1.82) is 0 Å². The molecule has 3 rings (SSSR count). The number of carbonyl (C=O) groups excluding carboxylic acids is 3. The van der Waals surface area contributed by atoms with Crippen LogP contribution in [-0.2, 0) is 9.59 Å². The molecule has 1 aliphatic carbocycles. The molecule has 1 saturated heterocycles. The van der Waals surface area contributed by atoms with Gasteiger partial charge in [0.2, 0.25) is 5.91 Å². The maximum atomic E-state index is 12.8. The molecule has 8 heteroatoms. The minimum atomic E-state index is -0.806. The van der Waals surface area contributed by atoms with E-state index in [0.29, 0.717) is 25.1 Å². The van der Waals surface area contributed by atoms with Gasteiger partial charge in [0.15, 0.2) is 0 Å². The van der Waals surface area contributed by atoms with Crippen LogP contribution in [0.3, 0.4) is 0 Å². The second-order valence-corrected chi connectivity index (χ2v) is 7.91. The molecule has 0 aromatic heterocycles. The number of anilines is 1. The molecule has 2 aliphatic rings. The molecular formula is C22H32N4O4. The van der Waals surface area contributed by atoms with Crippen molar-refractivity contribution in [2.45, 2.75) is 51.5 Å². The molecule has 8 nitrogen and oxygen atoms in total. The fraction of sp³-hybridized carbons (Fsp3) is 0.591. The molecule has 0 atom stereocenters. The second-order valence-electron chi connectivity index (χ2n) is 7.91. The summed E-state index contributed by atoms with van der Waals surface area (Å²) in [7, 11) is 0. The maximum Gasteiger partial charge on any atom is 0.325 e. The van der Waals surface area contributed by atoms with Crippen LogP contribution >= 0.6 is 0 Å². The monoisotopic (exact) mass is 416 g/mol. The standard InChI is InChI=1S/C22H32N4O4/c1-3-25(4-2)14-15-30-18-10-8-17(9-11-18)23-19(27)16-26-20(28)22(24-21(26)29)12-6-5-7-13-22/h8-11H,3-7,12-16H2,1-2H3,(H,23,27)(H,24,29). The van der Waals surface area contributed by atoms with E-state index in [9.17, 15) is 14.4 Å². The van der Waals surface area contributed by atoms with E-state index in [2.05, 4.69) is 29.4 Å². The van der Waals surface area contributed by atoms with Gasteiger partial charge in [0, 0.05) is 12.2 Å². The number of rotatable bonds is 9. The zero-order valence-electron chi connectivity index (χ0n) is 17.9. The van der Waals surface area contributed by atoms with Crippen molar-refractivity contribution in [3.8, 4) is 5.75 Å². The minimum Gasteiger partial charge on any atom is -0.492 e. The first-order valence-corrected chi connectivity index (χ1v) is 10.9. The summed E-state index contributed by atoms with van der Waals surface area (Å²) in [5.74, 6) is 0.0503. The molecule has 0 radical (unpaired) electrons. The van der Waals surface area contributed by atoms with E-state index in [1.54, 1.807) is 24.3 Å². The van der Waals surface area contributed by atoms with Crippen molar-refractivity contribution in [2.24, 2.45) is 0 Å². The molecule has 30 heavy (non-hydrogen) atoms. The van der Waals surface area contributed by atoms with Gasteiger partial charge >= 0.3 is 6.03 Å². The number of likely N-dealkylation sites (N-methyl/N-ethyl adjacent to an activating group) is 1. The average Bonchev–Trinajstić information content (AvgIpc) is 2.97. The van der Waals surface area contributed by atoms with Crippen LogP contribution in [0.15, 0.2) is 24.3 Å². The summed E-state index contributed by atoms with van der Waals surface area (Å²) in [5.41, 5.74) is -0.213. The van der Waals surface area contributed by atoms with Crippen LogP contribution in [0.4, 0.5) is 10.5 Å². The molecule has 1 aliphatic heterocycles. The summed E-state index contributed by atoms with van der Waals surface area (Å²) in [6.45, 7) is 7.40. The molecule has 1 saturated carbocycles. The maximum absolute atomic E-state index is 12.8. The fourth-order valence-corrected chi connectivity index (χ4v) is 4.13. The lowest BCUT2D eigenvalue weighted by molar-refractivity contribution is -0.134. The number of carbonyl (C=O) groups is 3. The average molecular weight is 417 g/mol. The molecule has 4 amide bonds. The predicted octanol–water partition coefficient (Wildman–Crippen LogP) is 2.60. The second kappa shape index (κ2) is 9.93. The van der Waals surface area contributed by atoms with Crippen molar-refractivity contribution < 1.29 is 19.1 Å². The lowest BCUT2D eigenvalue weighted by atomic mass is 9.82. The van der Waals surface area contributed by atoms with Crippen molar-refractivity contribution in [3.63, 3.8) is 0 Å². The Hall–Kier alpha value is -2.61. The Balaban J connectivity index is 1.49. The minimum absolute atomic E-state index is 0.278. The summed E-state index contributed by atoms with van der Waals surface area (Å²) in [4.78, 5) is 40.8. The molecule has 2 N–H and O–H groups in total. The van der Waals surface area contributed by atoms with Gasteiger partial charge in [0.25, 0.3) is 5.91 Å². The van der Waals surface area contributed by atoms with Crippen LogP contribution in [0.2, 0.25) is 0 Å². The van der Waals surface area contributed by atoms with Crippen LogP contribution < -0.4 is 15.4 Å². The van der Waals surface area contributed by atoms with E-state index in [0.717, 1.165) is 49.5 Å². The highest BCUT2D eigenvalue weighted by atomic mass is 16.5. The molecule has 1 aromatic carbocycles. The number of amides is 4. The van der Waals surface area contributed by atoms with E-state index >= 15 is 0 Å². The van der Waals surface area contributed by atoms with Crippen molar-refractivity contribution in [1.82, 2.24) is 15.1 Å². The highest BCUT2D eigenvalue weighted by Crippen LogP contribution is 2.33. The van der Waals surface area contributed by atoms with Crippen LogP contribution in [0.1, 0.15) is 46.0 Å². The van der Waals surface area contributed by atoms with E-state index in [1.807, 2.05) is 0 Å². The number of nitrogens with one attached hydrogen (secondary N) is 2. The number of hydrogen-bond donors (Lipinski definition) is 2. The molecule has 164 valence electrons. The van der Waals surface area contributed by atoms with Crippen molar-refractivity contribution >= 4 is 23.5 Å². The van der Waals surface area contributed by atoms with E-state index < -0.39 is 17.5 Å². The van der Waals surface area contributed by atoms with Crippen molar-refractivity contribution in [2.75, 3.05) is 38.1 Å². The Kier molecular flexibility index (Phi) is 7.31. The summed E-state index contributed by atoms with van der Waals surface area (Å²) in [5, 5.41) is 5.56. The van der Waals surface area contributed by atoms with Gasteiger partial charge in [0.05, 0.1) is 0 Å². The van der Waals surface area contributed by atoms with Gasteiger partial charge < -0.3 is 20.3 Å². The molecular weight excluding hydrogens is 384 g/mol. The third-order valence-electron chi connectivity index (χ3n) is 5.96. The lowest BCUT2D eigenvalue weighted by Gasteiger charge is -2.30. The van der Waals surface area contributed by atoms with Crippen molar-refractivity contribution in [3.05, 3.63) is 24.3 Å². The van der Waals surface area contributed by atoms with Gasteiger partial charge in [-0.05, 0) is 50.2 Å². The first kappa shape index (κ1) is 22.1. The fourth-order valence-electron chi connectivity index (χ4n) is 4.13. The van der Waals surface area contributed by atoms with Gasteiger partial charge in [-0.25, -0.2) is 4.79 Å². The van der Waals surface area contributed by atoms with Gasteiger partial charge in [-0.3, -0.25) is 14.5 Å². The van der Waals surface area contributed by atoms with Crippen LogP contribution in [0.5, 0.6) is 5.75 Å². The number of imide groups is 1. The van der Waals surface area contributed by atoms with E-state index in [-0.39, 0.29) is 12.5 Å². The smallest absolute Gasteiger partial charge is 0.325 e. The quantitative estimate of drug-likeness (QED) is 0.604. The Bertz CT molecular complexity index is 755. The number of urea groups is 1. The molecule has 0 bridgehead atoms. The number of ether oxygens (including phenoxy) is 1. The molecule has 1 spiro atoms. The Morgan fingerprint density at radius 1 is 1.13 bits per heavy atom. The topological polar surface area (TPSA) is 91.0 Å². The largest absolute Gasteiger partial charge is 0.492 e. The zero-order valence-corrected chi connectivity index (χ0v) is 17.9. The molecule has 0 unspecified atom stereocenters. The summed E-state index contributed by atoms with van der Waals surface area (Å²) < 4.78 is 5.74. The highest BCUT2D eigenvalue weighted by molar-refractivity contribution is 6.10. The van der Waals surface area contributed by atoms with E-state index in [1.165, 1.54) is 0 Å². The zero-order chi connectivity index (χ0) is 21.6. The van der Waals surface area contributed by atoms with Gasteiger partial charge in [0.1, 0.15) is 24.4 Å². The predicted molar refractivity (Wildman–Crippen MR) is 114 cm³/mol. The van der Waals surface area contributed by atoms with Gasteiger partial charge in [-0.2, -0.15) is 0 Å². The first-order valence-electron chi connectivity index (χ1n) is 10.9.